The molecular weight excluding hydrogens is 324 g/mol. The number of carbonyl (C=O) groups excluding carboxylic acids is 1. The SMILES string of the molecule is O=C(C=Cc1cccc([N+](=O)[O-])c1)NCc1ccc2c(c1)OCCO2. The summed E-state index contributed by atoms with van der Waals surface area (Å²) in [6, 6.07) is 11.6. The monoisotopic (exact) mass is 340 g/mol. The van der Waals surface area contributed by atoms with E-state index in [0.29, 0.717) is 36.8 Å². The molecule has 25 heavy (non-hydrogen) atoms. The second-order valence-corrected chi connectivity index (χ2v) is 5.38. The fourth-order valence-electron chi connectivity index (χ4n) is 2.36. The molecule has 0 unspecified atom stereocenters. The van der Waals surface area contributed by atoms with E-state index in [-0.39, 0.29) is 11.6 Å². The Morgan fingerprint density at radius 2 is 1.96 bits per heavy atom. The molecule has 1 N–H and O–H groups in total. The molecule has 1 aliphatic heterocycles. The van der Waals surface area contributed by atoms with E-state index in [0.717, 1.165) is 5.56 Å². The number of carbonyl (C=O) groups is 1. The van der Waals surface area contributed by atoms with Crippen molar-refractivity contribution < 1.29 is 19.2 Å². The Kier molecular flexibility index (Phi) is 4.94. The Bertz CT molecular complexity index is 832. The standard InChI is InChI=1S/C18H16N2O5/c21-18(7-5-13-2-1-3-15(10-13)20(22)23)19-12-14-4-6-16-17(11-14)25-9-8-24-16/h1-7,10-11H,8-9,12H2,(H,19,21). The van der Waals surface area contributed by atoms with Crippen LogP contribution in [0.15, 0.2) is 48.5 Å². The first-order valence-corrected chi connectivity index (χ1v) is 7.71. The predicted octanol–water partition coefficient (Wildman–Crippen LogP) is 2.70. The quantitative estimate of drug-likeness (QED) is 0.513. The minimum atomic E-state index is -0.473. The van der Waals surface area contributed by atoms with E-state index in [1.807, 2.05) is 18.2 Å². The van der Waals surface area contributed by atoms with Crippen LogP contribution in [0.3, 0.4) is 0 Å². The molecule has 0 aliphatic carbocycles. The fourth-order valence-corrected chi connectivity index (χ4v) is 2.36. The molecule has 3 rings (SSSR count). The van der Waals surface area contributed by atoms with Crippen molar-refractivity contribution in [1.82, 2.24) is 5.32 Å². The lowest BCUT2D eigenvalue weighted by Gasteiger charge is -2.18. The van der Waals surface area contributed by atoms with Crippen molar-refractivity contribution in [1.29, 1.82) is 0 Å². The Labute approximate surface area is 144 Å². The molecular formula is C18H16N2O5. The lowest BCUT2D eigenvalue weighted by molar-refractivity contribution is -0.384. The molecule has 1 amide bonds. The maximum atomic E-state index is 11.9. The van der Waals surface area contributed by atoms with Crippen LogP contribution in [0, 0.1) is 10.1 Å². The molecule has 1 heterocycles. The summed E-state index contributed by atoms with van der Waals surface area (Å²) in [5.41, 5.74) is 1.46. The molecule has 7 heteroatoms. The van der Waals surface area contributed by atoms with Gasteiger partial charge in [-0.25, -0.2) is 0 Å². The Hall–Kier alpha value is -3.35. The number of nitrogens with one attached hydrogen (secondary N) is 1. The maximum absolute atomic E-state index is 11.9. The summed E-state index contributed by atoms with van der Waals surface area (Å²) in [6.07, 6.45) is 2.88. The van der Waals surface area contributed by atoms with Crippen LogP contribution in [-0.2, 0) is 11.3 Å². The third-order valence-electron chi connectivity index (χ3n) is 3.58. The van der Waals surface area contributed by atoms with E-state index in [1.54, 1.807) is 12.1 Å². The van der Waals surface area contributed by atoms with Crippen molar-refractivity contribution in [2.75, 3.05) is 13.2 Å². The van der Waals surface area contributed by atoms with Gasteiger partial charge in [0.2, 0.25) is 5.91 Å². The Balaban J connectivity index is 1.57. The molecule has 2 aromatic rings. The largest absolute Gasteiger partial charge is 0.486 e. The minimum Gasteiger partial charge on any atom is -0.486 e. The zero-order valence-corrected chi connectivity index (χ0v) is 13.3. The molecule has 0 atom stereocenters. The number of ether oxygens (including phenoxy) is 2. The van der Waals surface area contributed by atoms with Gasteiger partial charge in [0.25, 0.3) is 5.69 Å². The molecule has 0 saturated heterocycles. The minimum absolute atomic E-state index is 0.0150. The smallest absolute Gasteiger partial charge is 0.270 e. The lowest BCUT2D eigenvalue weighted by Crippen LogP contribution is -2.20. The molecule has 0 bridgehead atoms. The number of nitro groups is 1. The molecule has 1 aliphatic rings. The molecule has 2 aromatic carbocycles. The van der Waals surface area contributed by atoms with Crippen LogP contribution in [-0.4, -0.2) is 24.0 Å². The van der Waals surface area contributed by atoms with Crippen LogP contribution in [0.25, 0.3) is 6.08 Å². The summed E-state index contributed by atoms with van der Waals surface area (Å²) < 4.78 is 10.9. The average molecular weight is 340 g/mol. The summed E-state index contributed by atoms with van der Waals surface area (Å²) in [4.78, 5) is 22.2. The molecule has 0 fully saturated rings. The maximum Gasteiger partial charge on any atom is 0.270 e. The third kappa shape index (κ3) is 4.35. The van der Waals surface area contributed by atoms with Gasteiger partial charge in [-0.1, -0.05) is 18.2 Å². The van der Waals surface area contributed by atoms with Crippen LogP contribution >= 0.6 is 0 Å². The number of hydrogen-bond acceptors (Lipinski definition) is 5. The van der Waals surface area contributed by atoms with Gasteiger partial charge in [-0.2, -0.15) is 0 Å². The third-order valence-corrected chi connectivity index (χ3v) is 3.58. The van der Waals surface area contributed by atoms with Gasteiger partial charge in [-0.3, -0.25) is 14.9 Å². The van der Waals surface area contributed by atoms with Gasteiger partial charge in [0.1, 0.15) is 13.2 Å². The summed E-state index contributed by atoms with van der Waals surface area (Å²) in [5.74, 6) is 1.08. The van der Waals surface area contributed by atoms with Gasteiger partial charge in [-0.05, 0) is 29.3 Å². The Morgan fingerprint density at radius 1 is 1.16 bits per heavy atom. The second kappa shape index (κ2) is 7.48. The summed E-state index contributed by atoms with van der Waals surface area (Å²) in [6.45, 7) is 1.38. The number of nitrogens with zero attached hydrogens (tertiary/aromatic N) is 1. The second-order valence-electron chi connectivity index (χ2n) is 5.38. The van der Waals surface area contributed by atoms with Crippen molar-refractivity contribution in [2.24, 2.45) is 0 Å². The van der Waals surface area contributed by atoms with Crippen molar-refractivity contribution in [2.45, 2.75) is 6.54 Å². The number of hydrogen-bond donors (Lipinski definition) is 1. The van der Waals surface area contributed by atoms with Crippen LogP contribution in [0.5, 0.6) is 11.5 Å². The number of fused-ring (bicyclic) bond motifs is 1. The van der Waals surface area contributed by atoms with E-state index in [2.05, 4.69) is 5.32 Å². The van der Waals surface area contributed by atoms with Gasteiger partial charge >= 0.3 is 0 Å². The Morgan fingerprint density at radius 3 is 2.76 bits per heavy atom. The van der Waals surface area contributed by atoms with Gasteiger partial charge in [0.15, 0.2) is 11.5 Å². The van der Waals surface area contributed by atoms with Crippen molar-refractivity contribution in [3.05, 3.63) is 69.8 Å². The summed E-state index contributed by atoms with van der Waals surface area (Å²) >= 11 is 0. The van der Waals surface area contributed by atoms with Gasteiger partial charge in [-0.15, -0.1) is 0 Å². The normalized spacial score (nSPS) is 12.8. The van der Waals surface area contributed by atoms with Crippen LogP contribution < -0.4 is 14.8 Å². The molecule has 128 valence electrons. The molecule has 0 spiro atoms. The topological polar surface area (TPSA) is 90.7 Å². The van der Waals surface area contributed by atoms with E-state index >= 15 is 0 Å². The molecule has 0 aromatic heterocycles. The lowest BCUT2D eigenvalue weighted by atomic mass is 10.2. The number of benzene rings is 2. The highest BCUT2D eigenvalue weighted by atomic mass is 16.6. The van der Waals surface area contributed by atoms with E-state index < -0.39 is 4.92 Å². The molecule has 7 nitrogen and oxygen atoms in total. The van der Waals surface area contributed by atoms with Crippen molar-refractivity contribution in [3.8, 4) is 11.5 Å². The van der Waals surface area contributed by atoms with Gasteiger partial charge in [0.05, 0.1) is 4.92 Å². The molecule has 0 saturated carbocycles. The zero-order chi connectivity index (χ0) is 17.6. The highest BCUT2D eigenvalue weighted by Crippen LogP contribution is 2.30. The van der Waals surface area contributed by atoms with Crippen LogP contribution in [0.1, 0.15) is 11.1 Å². The first-order valence-electron chi connectivity index (χ1n) is 7.71. The van der Waals surface area contributed by atoms with Gasteiger partial charge < -0.3 is 14.8 Å². The van der Waals surface area contributed by atoms with Crippen LogP contribution in [0.2, 0.25) is 0 Å². The van der Waals surface area contributed by atoms with E-state index in [1.165, 1.54) is 24.3 Å². The van der Waals surface area contributed by atoms with E-state index in [4.69, 9.17) is 9.47 Å². The first kappa shape index (κ1) is 16.5. The fraction of sp³-hybridized carbons (Fsp3) is 0.167. The highest BCUT2D eigenvalue weighted by molar-refractivity contribution is 5.91. The summed E-state index contributed by atoms with van der Waals surface area (Å²) in [7, 11) is 0. The number of non-ortho nitro benzene ring substituents is 1. The number of nitro benzene ring substituents is 1. The predicted molar refractivity (Wildman–Crippen MR) is 91.4 cm³/mol. The first-order chi connectivity index (χ1) is 12.1. The van der Waals surface area contributed by atoms with Gasteiger partial charge in [0, 0.05) is 24.8 Å². The summed E-state index contributed by atoms with van der Waals surface area (Å²) in [5, 5.41) is 13.5. The van der Waals surface area contributed by atoms with Crippen molar-refractivity contribution >= 4 is 17.7 Å². The molecule has 0 radical (unpaired) electrons. The van der Waals surface area contributed by atoms with Crippen molar-refractivity contribution in [3.63, 3.8) is 0 Å². The number of amides is 1. The highest BCUT2D eigenvalue weighted by Gasteiger charge is 2.11. The van der Waals surface area contributed by atoms with E-state index in [9.17, 15) is 14.9 Å². The van der Waals surface area contributed by atoms with Crippen LogP contribution in [0.4, 0.5) is 5.69 Å². The number of rotatable bonds is 5. The average Bonchev–Trinajstić information content (AvgIpc) is 2.64. The zero-order valence-electron chi connectivity index (χ0n) is 13.3.